The molecule has 2 aromatic heterocycles. The van der Waals surface area contributed by atoms with Crippen LogP contribution >= 0.6 is 63.4 Å². The second-order valence-corrected chi connectivity index (χ2v) is 54.7. The summed E-state index contributed by atoms with van der Waals surface area (Å²) in [5, 5.41) is 14.6. The molecule has 0 saturated heterocycles. The van der Waals surface area contributed by atoms with Gasteiger partial charge in [0.15, 0.2) is 0 Å². The molecule has 0 radical (unpaired) electrons. The molecular weight excluding hydrogens is 1120 g/mol. The Morgan fingerprint density at radius 2 is 0.843 bits per heavy atom. The van der Waals surface area contributed by atoms with E-state index in [1.165, 1.54) is 43.8 Å². The first-order chi connectivity index (χ1) is 33.2. The SMILES string of the molecule is CCc1ccc2[cH-]c(-c3occ4ccccc34)cc2c1-c1cc(Cl)c([Si](C)(C)C)c(Cl)c1.CCc1ccc2[cH-]c(-c3occ4ccccc34)cc2c1-c1cc(Cl)c([Si](C)(C)C)c(Cl)c1.C[Si](C)=[Zr]([Cl])[Cl]. The van der Waals surface area contributed by atoms with Crippen molar-refractivity contribution in [3.05, 3.63) is 165 Å². The Hall–Kier alpha value is -3.11. The first-order valence-corrected chi connectivity index (χ1v) is 44.6. The van der Waals surface area contributed by atoms with Crippen LogP contribution in [0.15, 0.2) is 143 Å². The third-order valence-electron chi connectivity index (χ3n) is 12.8. The predicted octanol–water partition coefficient (Wildman–Crippen LogP) is 20.3. The van der Waals surface area contributed by atoms with Gasteiger partial charge in [0.2, 0.25) is 0 Å². The Kier molecular flexibility index (Phi) is 16.5. The Labute approximate surface area is 449 Å². The number of hydrogen-bond acceptors (Lipinski definition) is 2. The number of fused-ring (bicyclic) bond motifs is 4. The van der Waals surface area contributed by atoms with Crippen molar-refractivity contribution in [1.29, 1.82) is 0 Å². The van der Waals surface area contributed by atoms with Crippen LogP contribution in [0.2, 0.25) is 72.5 Å². The van der Waals surface area contributed by atoms with Crippen molar-refractivity contribution in [2.45, 2.75) is 79.1 Å². The van der Waals surface area contributed by atoms with Gasteiger partial charge in [-0.2, -0.15) is 0 Å². The average Bonchev–Trinajstić information content (AvgIpc) is 4.11. The van der Waals surface area contributed by atoms with Crippen LogP contribution in [-0.4, -0.2) is 21.6 Å². The van der Waals surface area contributed by atoms with E-state index in [9.17, 15) is 0 Å². The number of aryl methyl sites for hydroxylation is 2. The van der Waals surface area contributed by atoms with E-state index < -0.39 is 34.1 Å². The maximum atomic E-state index is 6.80. The molecule has 0 aliphatic carbocycles. The molecule has 0 unspecified atom stereocenters. The van der Waals surface area contributed by atoms with E-state index in [1.54, 1.807) is 0 Å². The fourth-order valence-corrected chi connectivity index (χ4v) is 17.0. The molecule has 10 rings (SSSR count). The van der Waals surface area contributed by atoms with E-state index in [0.29, 0.717) is 0 Å². The Bertz CT molecular complexity index is 3310. The third-order valence-corrected chi connectivity index (χ3v) is 38.4. The summed E-state index contributed by atoms with van der Waals surface area (Å²) in [5.41, 5.74) is 9.09. The summed E-state index contributed by atoms with van der Waals surface area (Å²) in [6.07, 6.45) is 5.52. The van der Waals surface area contributed by atoms with Crippen molar-refractivity contribution in [1.82, 2.24) is 0 Å². The minimum absolute atomic E-state index is 0.224. The summed E-state index contributed by atoms with van der Waals surface area (Å²) in [6.45, 7) is 22.3. The van der Waals surface area contributed by atoms with Crippen LogP contribution in [0.1, 0.15) is 25.0 Å². The second-order valence-electron chi connectivity index (χ2n) is 20.1. The molecule has 0 aliphatic heterocycles. The van der Waals surface area contributed by atoms with Crippen molar-refractivity contribution in [3.8, 4) is 44.9 Å². The van der Waals surface area contributed by atoms with Gasteiger partial charge in [-0.15, -0.1) is 57.9 Å². The first kappa shape index (κ1) is 53.2. The minimum atomic E-state index is -1.66. The van der Waals surface area contributed by atoms with E-state index >= 15 is 0 Å². The maximum absolute atomic E-state index is 6.80. The second kappa shape index (κ2) is 21.8. The van der Waals surface area contributed by atoms with E-state index in [1.807, 2.05) is 24.7 Å². The predicted molar refractivity (Wildman–Crippen MR) is 314 cm³/mol. The number of furan rings is 2. The summed E-state index contributed by atoms with van der Waals surface area (Å²) >= 11 is 25.6. The van der Waals surface area contributed by atoms with Crippen LogP contribution in [-0.2, 0) is 30.8 Å². The molecule has 360 valence electrons. The molecule has 2 nitrogen and oxygen atoms in total. The quantitative estimate of drug-likeness (QED) is 0.112. The van der Waals surface area contributed by atoms with Crippen LogP contribution in [0.4, 0.5) is 0 Å². The number of hydrogen-bond donors (Lipinski definition) is 0. The zero-order chi connectivity index (χ0) is 50.4. The molecule has 8 aromatic carbocycles. The van der Waals surface area contributed by atoms with Gasteiger partial charge >= 0.3 is 53.5 Å². The molecule has 0 saturated carbocycles. The molecule has 2 heterocycles. The van der Waals surface area contributed by atoms with Gasteiger partial charge < -0.3 is 8.83 Å². The normalized spacial score (nSPS) is 11.8. The monoisotopic (exact) mass is 1170 g/mol. The van der Waals surface area contributed by atoms with E-state index in [4.69, 9.17) is 72.3 Å². The molecule has 0 aliphatic rings. The Balaban J connectivity index is 0.000000169. The standard InChI is InChI=1S/2C28H25Cl2OSi.C2H6Si.2ClH.Zr/c2*1-5-17-10-11-18-12-21(27-22-9-7-6-8-19(22)16-31-27)13-23(18)26(17)20-14-24(29)28(25(30)15-20)32(2,3)4;1-3-2;;;/h2*6-16H,5H2,1-4H3;1-2H3;2*1H;/q2*-1;;;;+2/p-2. The molecule has 0 fully saturated rings. The van der Waals surface area contributed by atoms with Gasteiger partial charge in [0.05, 0.1) is 40.2 Å². The van der Waals surface area contributed by atoms with Crippen LogP contribution in [0.3, 0.4) is 0 Å². The molecule has 10 aromatic rings. The van der Waals surface area contributed by atoms with Gasteiger partial charge in [0.25, 0.3) is 0 Å². The van der Waals surface area contributed by atoms with Gasteiger partial charge in [-0.05, 0) is 80.5 Å². The van der Waals surface area contributed by atoms with Crippen molar-refractivity contribution >= 4 is 138 Å². The zero-order valence-corrected chi connectivity index (χ0v) is 51.2. The van der Waals surface area contributed by atoms with Crippen molar-refractivity contribution in [3.63, 3.8) is 0 Å². The van der Waals surface area contributed by atoms with Crippen molar-refractivity contribution in [2.75, 3.05) is 0 Å². The molecule has 0 N–H and O–H groups in total. The van der Waals surface area contributed by atoms with Crippen molar-refractivity contribution in [2.24, 2.45) is 0 Å². The van der Waals surface area contributed by atoms with Crippen LogP contribution in [0, 0.1) is 0 Å². The Morgan fingerprint density at radius 3 is 1.16 bits per heavy atom. The third kappa shape index (κ3) is 11.0. The number of benzene rings is 6. The summed E-state index contributed by atoms with van der Waals surface area (Å²) < 4.78 is 12.0. The van der Waals surface area contributed by atoms with Gasteiger partial charge in [0.1, 0.15) is 0 Å². The van der Waals surface area contributed by atoms with E-state index in [2.05, 4.69) is 175 Å². The average molecular weight is 1170 g/mol. The van der Waals surface area contributed by atoms with Gasteiger partial charge in [0, 0.05) is 30.9 Å². The van der Waals surface area contributed by atoms with E-state index in [0.717, 1.165) is 98.6 Å². The molecule has 70 heavy (non-hydrogen) atoms. The van der Waals surface area contributed by atoms with Crippen LogP contribution in [0.5, 0.6) is 0 Å². The fourth-order valence-electron chi connectivity index (χ4n) is 9.49. The van der Waals surface area contributed by atoms with E-state index in [-0.39, 0.29) is 5.43 Å². The molecule has 0 spiro atoms. The van der Waals surface area contributed by atoms with Crippen LogP contribution < -0.4 is 10.4 Å². The Morgan fingerprint density at radius 1 is 0.500 bits per heavy atom. The summed E-state index contributed by atoms with van der Waals surface area (Å²) in [6, 6.07) is 42.7. The van der Waals surface area contributed by atoms with Gasteiger partial charge in [-0.1, -0.05) is 182 Å². The van der Waals surface area contributed by atoms with Gasteiger partial charge in [-0.3, -0.25) is 0 Å². The molecular formula is C58H56Cl6O2Si3Zr-2. The van der Waals surface area contributed by atoms with Gasteiger partial charge in [-0.25, -0.2) is 0 Å². The molecule has 0 amide bonds. The summed E-state index contributed by atoms with van der Waals surface area (Å²) in [7, 11) is 7.93. The zero-order valence-electron chi connectivity index (χ0n) is 41.2. The fraction of sp³-hybridized carbons (Fsp3) is 0.207. The summed E-state index contributed by atoms with van der Waals surface area (Å²) in [4.78, 5) is 0. The van der Waals surface area contributed by atoms with Crippen molar-refractivity contribution < 1.29 is 26.8 Å². The number of rotatable bonds is 8. The molecule has 0 atom stereocenters. The number of halogens is 6. The molecule has 0 bridgehead atoms. The first-order valence-electron chi connectivity index (χ1n) is 23.6. The molecule has 12 heteroatoms. The topological polar surface area (TPSA) is 26.3 Å². The van der Waals surface area contributed by atoms with Crippen LogP contribution in [0.25, 0.3) is 88.0 Å². The summed E-state index contributed by atoms with van der Waals surface area (Å²) in [5.74, 6) is 1.82.